The van der Waals surface area contributed by atoms with Gasteiger partial charge in [-0.3, -0.25) is 4.68 Å². The molecule has 2 heterocycles. The summed E-state index contributed by atoms with van der Waals surface area (Å²) in [4.78, 5) is 0. The molecule has 1 N–H and O–H groups in total. The van der Waals surface area contributed by atoms with E-state index in [1.165, 1.54) is 18.5 Å². The highest BCUT2D eigenvalue weighted by molar-refractivity contribution is 9.10. The number of aromatic nitrogens is 2. The minimum atomic E-state index is 0.0829. The van der Waals surface area contributed by atoms with Crippen LogP contribution in [0.4, 0.5) is 0 Å². The molecule has 4 heteroatoms. The number of hydrogen-bond acceptors (Lipinski definition) is 2. The SMILES string of the molecule is CC(C)n1ncc(Br)c1C1(C)CCCN1. The zero-order valence-corrected chi connectivity index (χ0v) is 11.1. The molecule has 0 radical (unpaired) electrons. The van der Waals surface area contributed by atoms with Gasteiger partial charge in [-0.15, -0.1) is 0 Å². The van der Waals surface area contributed by atoms with Crippen molar-refractivity contribution in [3.8, 4) is 0 Å². The second kappa shape index (κ2) is 3.91. The Labute approximate surface area is 99.4 Å². The van der Waals surface area contributed by atoms with E-state index in [4.69, 9.17) is 0 Å². The van der Waals surface area contributed by atoms with Crippen molar-refractivity contribution in [1.82, 2.24) is 15.1 Å². The van der Waals surface area contributed by atoms with E-state index in [1.807, 2.05) is 6.20 Å². The zero-order valence-electron chi connectivity index (χ0n) is 9.55. The molecule has 1 aliphatic heterocycles. The third-order valence-corrected chi connectivity index (χ3v) is 3.71. The summed E-state index contributed by atoms with van der Waals surface area (Å²) in [7, 11) is 0. The van der Waals surface area contributed by atoms with Crippen LogP contribution in [-0.2, 0) is 5.54 Å². The van der Waals surface area contributed by atoms with Crippen LogP contribution >= 0.6 is 15.9 Å². The van der Waals surface area contributed by atoms with Gasteiger partial charge in [-0.1, -0.05) is 0 Å². The van der Waals surface area contributed by atoms with Crippen LogP contribution in [0.5, 0.6) is 0 Å². The minimum Gasteiger partial charge on any atom is -0.306 e. The summed E-state index contributed by atoms with van der Waals surface area (Å²) in [6, 6.07) is 0.408. The van der Waals surface area contributed by atoms with Gasteiger partial charge in [0.15, 0.2) is 0 Å². The number of hydrogen-bond donors (Lipinski definition) is 1. The van der Waals surface area contributed by atoms with Crippen LogP contribution in [0.3, 0.4) is 0 Å². The van der Waals surface area contributed by atoms with Crippen molar-refractivity contribution in [2.24, 2.45) is 0 Å². The Morgan fingerprint density at radius 1 is 1.60 bits per heavy atom. The second-order valence-electron chi connectivity index (χ2n) is 4.74. The lowest BCUT2D eigenvalue weighted by atomic mass is 9.95. The van der Waals surface area contributed by atoms with E-state index < -0.39 is 0 Å². The van der Waals surface area contributed by atoms with Crippen molar-refractivity contribution in [1.29, 1.82) is 0 Å². The Balaban J connectivity index is 2.45. The van der Waals surface area contributed by atoms with E-state index in [9.17, 15) is 0 Å². The van der Waals surface area contributed by atoms with E-state index in [0.717, 1.165) is 11.0 Å². The summed E-state index contributed by atoms with van der Waals surface area (Å²) >= 11 is 3.61. The molecule has 1 atom stereocenters. The Morgan fingerprint density at radius 3 is 2.87 bits per heavy atom. The van der Waals surface area contributed by atoms with Gasteiger partial charge in [-0.05, 0) is 56.1 Å². The molecule has 1 saturated heterocycles. The molecule has 1 aromatic rings. The molecule has 1 fully saturated rings. The van der Waals surface area contributed by atoms with E-state index in [0.29, 0.717) is 6.04 Å². The molecular weight excluding hydrogens is 254 g/mol. The van der Waals surface area contributed by atoms with Crippen molar-refractivity contribution >= 4 is 15.9 Å². The Kier molecular flexibility index (Phi) is 2.90. The van der Waals surface area contributed by atoms with Crippen LogP contribution in [0.15, 0.2) is 10.7 Å². The van der Waals surface area contributed by atoms with Gasteiger partial charge in [0.05, 0.1) is 21.9 Å². The maximum atomic E-state index is 4.43. The average molecular weight is 272 g/mol. The summed E-state index contributed by atoms with van der Waals surface area (Å²) in [6.45, 7) is 7.70. The third kappa shape index (κ3) is 1.85. The highest BCUT2D eigenvalue weighted by Crippen LogP contribution is 2.36. The molecule has 1 aliphatic rings. The van der Waals surface area contributed by atoms with Gasteiger partial charge < -0.3 is 5.32 Å². The maximum absolute atomic E-state index is 4.43. The fourth-order valence-electron chi connectivity index (χ4n) is 2.35. The molecule has 0 aromatic carbocycles. The molecule has 84 valence electrons. The quantitative estimate of drug-likeness (QED) is 0.897. The smallest absolute Gasteiger partial charge is 0.0727 e. The van der Waals surface area contributed by atoms with E-state index in [1.54, 1.807) is 0 Å². The topological polar surface area (TPSA) is 29.9 Å². The van der Waals surface area contributed by atoms with Gasteiger partial charge >= 0.3 is 0 Å². The lowest BCUT2D eigenvalue weighted by molar-refractivity contribution is 0.370. The van der Waals surface area contributed by atoms with Crippen molar-refractivity contribution in [3.05, 3.63) is 16.4 Å². The molecule has 1 unspecified atom stereocenters. The molecule has 0 amide bonds. The predicted octanol–water partition coefficient (Wildman–Crippen LogP) is 2.83. The average Bonchev–Trinajstić information content (AvgIpc) is 2.72. The second-order valence-corrected chi connectivity index (χ2v) is 5.60. The molecule has 2 rings (SSSR count). The van der Waals surface area contributed by atoms with E-state index >= 15 is 0 Å². The monoisotopic (exact) mass is 271 g/mol. The van der Waals surface area contributed by atoms with Crippen molar-refractivity contribution in [3.63, 3.8) is 0 Å². The van der Waals surface area contributed by atoms with Crippen molar-refractivity contribution in [2.75, 3.05) is 6.54 Å². The van der Waals surface area contributed by atoms with Gasteiger partial charge in [0.1, 0.15) is 0 Å². The molecule has 1 aromatic heterocycles. The van der Waals surface area contributed by atoms with Gasteiger partial charge in [0.2, 0.25) is 0 Å². The zero-order chi connectivity index (χ0) is 11.1. The summed E-state index contributed by atoms with van der Waals surface area (Å²) in [6.07, 6.45) is 4.33. The minimum absolute atomic E-state index is 0.0829. The summed E-state index contributed by atoms with van der Waals surface area (Å²) < 4.78 is 3.23. The number of rotatable bonds is 2. The molecule has 3 nitrogen and oxygen atoms in total. The fourth-order valence-corrected chi connectivity index (χ4v) is 3.06. The first-order valence-corrected chi connectivity index (χ1v) is 6.32. The lowest BCUT2D eigenvalue weighted by Gasteiger charge is -2.27. The third-order valence-electron chi connectivity index (χ3n) is 3.13. The molecule has 0 bridgehead atoms. The largest absolute Gasteiger partial charge is 0.306 e. The van der Waals surface area contributed by atoms with Crippen LogP contribution < -0.4 is 5.32 Å². The first kappa shape index (κ1) is 11.1. The van der Waals surface area contributed by atoms with Gasteiger partial charge in [0.25, 0.3) is 0 Å². The van der Waals surface area contributed by atoms with E-state index in [2.05, 4.69) is 51.8 Å². The number of nitrogens with zero attached hydrogens (tertiary/aromatic N) is 2. The van der Waals surface area contributed by atoms with Crippen molar-refractivity contribution in [2.45, 2.75) is 45.2 Å². The first-order chi connectivity index (χ1) is 7.04. The number of halogens is 1. The summed E-state index contributed by atoms with van der Waals surface area (Å²) in [5, 5.41) is 8.02. The molecule has 0 spiro atoms. The molecular formula is C11H18BrN3. The number of nitrogens with one attached hydrogen (secondary N) is 1. The van der Waals surface area contributed by atoms with Crippen LogP contribution in [-0.4, -0.2) is 16.3 Å². The summed E-state index contributed by atoms with van der Waals surface area (Å²) in [5.74, 6) is 0. The van der Waals surface area contributed by atoms with Gasteiger partial charge in [0, 0.05) is 6.04 Å². The molecule has 15 heavy (non-hydrogen) atoms. The normalized spacial score (nSPS) is 26.5. The summed E-state index contributed by atoms with van der Waals surface area (Å²) in [5.41, 5.74) is 1.37. The standard InChI is InChI=1S/C11H18BrN3/c1-8(2)15-10(9(12)7-14-15)11(3)5-4-6-13-11/h7-8,13H,4-6H2,1-3H3. The highest BCUT2D eigenvalue weighted by Gasteiger charge is 2.35. The van der Waals surface area contributed by atoms with Crippen LogP contribution in [0.25, 0.3) is 0 Å². The molecule has 0 aliphatic carbocycles. The Morgan fingerprint density at radius 2 is 2.33 bits per heavy atom. The van der Waals surface area contributed by atoms with Crippen molar-refractivity contribution < 1.29 is 0 Å². The van der Waals surface area contributed by atoms with Gasteiger partial charge in [-0.25, -0.2) is 0 Å². The highest BCUT2D eigenvalue weighted by atomic mass is 79.9. The lowest BCUT2D eigenvalue weighted by Crippen LogP contribution is -2.36. The van der Waals surface area contributed by atoms with Crippen LogP contribution in [0.1, 0.15) is 45.3 Å². The van der Waals surface area contributed by atoms with Crippen LogP contribution in [0, 0.1) is 0 Å². The van der Waals surface area contributed by atoms with Gasteiger partial charge in [-0.2, -0.15) is 5.10 Å². The van der Waals surface area contributed by atoms with E-state index in [-0.39, 0.29) is 5.54 Å². The Bertz CT molecular complexity index is 351. The fraction of sp³-hybridized carbons (Fsp3) is 0.727. The predicted molar refractivity (Wildman–Crippen MR) is 64.9 cm³/mol. The Hall–Kier alpha value is -0.350. The molecule has 0 saturated carbocycles. The van der Waals surface area contributed by atoms with Crippen LogP contribution in [0.2, 0.25) is 0 Å². The first-order valence-electron chi connectivity index (χ1n) is 5.53. The maximum Gasteiger partial charge on any atom is 0.0727 e.